The molecule has 1 rings (SSSR count). The van der Waals surface area contributed by atoms with E-state index >= 15 is 0 Å². The Morgan fingerprint density at radius 2 is 2.67 bits per heavy atom. The number of hydrogen-bond donors (Lipinski definition) is 1. The minimum absolute atomic E-state index is 0.391. The fourth-order valence-electron chi connectivity index (χ4n) is 0.411. The zero-order valence-electron chi connectivity index (χ0n) is 4.57. The largest absolute Gasteiger partial charge is 0.447 e. The molecule has 9 heavy (non-hydrogen) atoms. The van der Waals surface area contributed by atoms with Gasteiger partial charge in [0.05, 0.1) is 6.20 Å². The summed E-state index contributed by atoms with van der Waals surface area (Å²) in [7, 11) is 0. The number of amides is 1. The maximum Gasteiger partial charge on any atom is 0.219 e. The molecule has 0 saturated carbocycles. The van der Waals surface area contributed by atoms with Crippen molar-refractivity contribution in [2.24, 2.45) is 0 Å². The molecule has 0 fully saturated rings. The normalized spacial score (nSPS) is 8.89. The van der Waals surface area contributed by atoms with E-state index in [2.05, 4.69) is 10.3 Å². The summed E-state index contributed by atoms with van der Waals surface area (Å²) < 4.78 is 4.75. The first kappa shape index (κ1) is 5.81. The lowest BCUT2D eigenvalue weighted by Gasteiger charge is -1.87. The van der Waals surface area contributed by atoms with Crippen LogP contribution in [0.1, 0.15) is 5.89 Å². The Labute approximate surface area is 51.9 Å². The van der Waals surface area contributed by atoms with Crippen molar-refractivity contribution in [2.75, 3.05) is 0 Å². The monoisotopic (exact) mass is 125 g/mol. The maximum absolute atomic E-state index is 9.69. The van der Waals surface area contributed by atoms with E-state index in [4.69, 9.17) is 4.42 Å². The number of carbonyl (C=O) groups excluding carboxylic acids is 1. The minimum Gasteiger partial charge on any atom is -0.447 e. The third-order valence-corrected chi connectivity index (χ3v) is 0.726. The minimum atomic E-state index is 0.391. The van der Waals surface area contributed by atoms with E-state index in [0.717, 1.165) is 0 Å². The van der Waals surface area contributed by atoms with Gasteiger partial charge in [0.15, 0.2) is 0 Å². The number of aromatic nitrogens is 1. The second kappa shape index (κ2) is 2.86. The Bertz CT molecular complexity index is 171. The molecule has 1 amide bonds. The molecule has 0 aliphatic rings. The summed E-state index contributed by atoms with van der Waals surface area (Å²) in [6.07, 6.45) is 3.47. The molecule has 0 aliphatic heterocycles. The van der Waals surface area contributed by atoms with Crippen molar-refractivity contribution in [3.63, 3.8) is 0 Å². The highest BCUT2D eigenvalue weighted by Gasteiger charge is 1.92. The van der Waals surface area contributed by atoms with Gasteiger partial charge in [-0.05, 0) is 0 Å². The maximum atomic E-state index is 9.69. The van der Waals surface area contributed by atoms with Crippen LogP contribution in [0.3, 0.4) is 0 Å². The zero-order valence-corrected chi connectivity index (χ0v) is 4.57. The molecule has 0 aliphatic carbocycles. The number of nitrogens with one attached hydrogen (secondary N) is 1. The first-order valence-electron chi connectivity index (χ1n) is 2.36. The molecule has 1 aromatic heterocycles. The van der Waals surface area contributed by atoms with Crippen LogP contribution in [-0.2, 0) is 4.79 Å². The van der Waals surface area contributed by atoms with Gasteiger partial charge in [0.2, 0.25) is 12.3 Å². The van der Waals surface area contributed by atoms with Crippen LogP contribution in [-0.4, -0.2) is 11.4 Å². The van der Waals surface area contributed by atoms with Gasteiger partial charge in [-0.2, -0.15) is 0 Å². The van der Waals surface area contributed by atoms with Crippen LogP contribution in [0.25, 0.3) is 0 Å². The third kappa shape index (κ3) is 1.56. The van der Waals surface area contributed by atoms with Crippen LogP contribution >= 0.6 is 0 Å². The van der Waals surface area contributed by atoms with E-state index in [-0.39, 0.29) is 0 Å². The van der Waals surface area contributed by atoms with Crippen molar-refractivity contribution in [1.29, 1.82) is 0 Å². The van der Waals surface area contributed by atoms with E-state index in [9.17, 15) is 4.79 Å². The molecule has 0 saturated heterocycles. The van der Waals surface area contributed by atoms with Gasteiger partial charge in [-0.15, -0.1) is 0 Å². The van der Waals surface area contributed by atoms with Crippen LogP contribution in [0, 0.1) is 6.54 Å². The summed E-state index contributed by atoms with van der Waals surface area (Å²) >= 11 is 0. The van der Waals surface area contributed by atoms with Gasteiger partial charge in [0, 0.05) is 0 Å². The predicted molar refractivity (Wildman–Crippen MR) is 29.1 cm³/mol. The van der Waals surface area contributed by atoms with Gasteiger partial charge in [-0.1, -0.05) is 0 Å². The number of nitrogens with zero attached hydrogens (tertiary/aromatic N) is 1. The molecule has 4 heteroatoms. The fraction of sp³-hybridized carbons (Fsp3) is 0. The van der Waals surface area contributed by atoms with Crippen molar-refractivity contribution in [3.05, 3.63) is 24.9 Å². The van der Waals surface area contributed by atoms with Gasteiger partial charge >= 0.3 is 0 Å². The molecule has 1 radical (unpaired) electrons. The number of carbonyl (C=O) groups is 1. The van der Waals surface area contributed by atoms with E-state index in [1.807, 2.05) is 0 Å². The molecule has 0 aromatic carbocycles. The predicted octanol–water partition coefficient (Wildman–Crippen LogP) is -0.0695. The highest BCUT2D eigenvalue weighted by molar-refractivity contribution is 5.47. The third-order valence-electron chi connectivity index (χ3n) is 0.726. The summed E-state index contributed by atoms with van der Waals surface area (Å²) in [6.45, 7) is 1.37. The summed E-state index contributed by atoms with van der Waals surface area (Å²) in [6, 6.07) is 0. The SMILES string of the molecule is O=CN[CH]c1ncco1. The van der Waals surface area contributed by atoms with Crippen LogP contribution in [0.15, 0.2) is 16.9 Å². The van der Waals surface area contributed by atoms with Crippen LogP contribution in [0.2, 0.25) is 0 Å². The second-order valence-electron chi connectivity index (χ2n) is 1.30. The van der Waals surface area contributed by atoms with E-state index in [1.165, 1.54) is 19.0 Å². The standard InChI is InChI=1S/C5H5N2O2/c8-4-6-3-5-7-1-2-9-5/h1-4H,(H,6,8). The summed E-state index contributed by atoms with van der Waals surface area (Å²) in [5.41, 5.74) is 0. The van der Waals surface area contributed by atoms with E-state index < -0.39 is 0 Å². The first-order chi connectivity index (χ1) is 4.43. The average Bonchev–Trinajstić information content (AvgIpc) is 2.34. The Kier molecular flexibility index (Phi) is 1.85. The average molecular weight is 125 g/mol. The highest BCUT2D eigenvalue weighted by atomic mass is 16.3. The first-order valence-corrected chi connectivity index (χ1v) is 2.36. The van der Waals surface area contributed by atoms with E-state index in [1.54, 1.807) is 0 Å². The molecule has 4 nitrogen and oxygen atoms in total. The van der Waals surface area contributed by atoms with Gasteiger partial charge < -0.3 is 9.73 Å². The molecule has 0 unspecified atom stereocenters. The Hall–Kier alpha value is -1.32. The molecule has 0 atom stereocenters. The lowest BCUT2D eigenvalue weighted by Crippen LogP contribution is -2.06. The lowest BCUT2D eigenvalue weighted by atomic mass is 10.6. The van der Waals surface area contributed by atoms with E-state index in [0.29, 0.717) is 12.3 Å². The van der Waals surface area contributed by atoms with Crippen LogP contribution in [0.4, 0.5) is 0 Å². The smallest absolute Gasteiger partial charge is 0.219 e. The zero-order chi connectivity index (χ0) is 6.53. The fourth-order valence-corrected chi connectivity index (χ4v) is 0.411. The molecule has 1 aromatic rings. The van der Waals surface area contributed by atoms with Gasteiger partial charge in [-0.3, -0.25) is 4.79 Å². The Balaban J connectivity index is 2.38. The van der Waals surface area contributed by atoms with Crippen molar-refractivity contribution in [2.45, 2.75) is 0 Å². The van der Waals surface area contributed by atoms with Crippen LogP contribution in [0.5, 0.6) is 0 Å². The van der Waals surface area contributed by atoms with Gasteiger partial charge in [0.25, 0.3) is 0 Å². The molecular formula is C5H5N2O2. The quantitative estimate of drug-likeness (QED) is 0.575. The molecule has 1 heterocycles. The summed E-state index contributed by atoms with van der Waals surface area (Å²) in [5, 5.41) is 2.29. The van der Waals surface area contributed by atoms with Crippen LogP contribution < -0.4 is 5.32 Å². The number of hydrogen-bond acceptors (Lipinski definition) is 3. The Morgan fingerprint density at radius 1 is 1.78 bits per heavy atom. The van der Waals surface area contributed by atoms with Crippen molar-refractivity contribution in [3.8, 4) is 0 Å². The van der Waals surface area contributed by atoms with Gasteiger partial charge in [0.1, 0.15) is 12.8 Å². The highest BCUT2D eigenvalue weighted by Crippen LogP contribution is 1.92. The molecule has 0 bridgehead atoms. The molecular weight excluding hydrogens is 120 g/mol. The summed E-state index contributed by atoms with van der Waals surface area (Å²) in [4.78, 5) is 13.4. The summed E-state index contributed by atoms with van der Waals surface area (Å²) in [5.74, 6) is 0.391. The molecule has 0 spiro atoms. The number of oxazole rings is 1. The van der Waals surface area contributed by atoms with Gasteiger partial charge in [-0.25, -0.2) is 4.98 Å². The topological polar surface area (TPSA) is 55.1 Å². The Morgan fingerprint density at radius 3 is 3.22 bits per heavy atom. The molecule has 1 N–H and O–H groups in total. The lowest BCUT2D eigenvalue weighted by molar-refractivity contribution is -0.109. The number of rotatable bonds is 3. The second-order valence-corrected chi connectivity index (χ2v) is 1.30. The van der Waals surface area contributed by atoms with Crippen molar-refractivity contribution in [1.82, 2.24) is 10.3 Å². The van der Waals surface area contributed by atoms with Crippen molar-refractivity contribution < 1.29 is 9.21 Å². The van der Waals surface area contributed by atoms with Crippen molar-refractivity contribution >= 4 is 6.41 Å². The molecule has 47 valence electrons.